The zero-order chi connectivity index (χ0) is 14.8. The number of fused-ring (bicyclic) bond motifs is 9. The van der Waals surface area contributed by atoms with Gasteiger partial charge in [0.15, 0.2) is 0 Å². The number of carbonyl (C=O) groups is 1. The summed E-state index contributed by atoms with van der Waals surface area (Å²) in [4.78, 5) is 11.9. The van der Waals surface area contributed by atoms with Crippen molar-refractivity contribution in [2.45, 2.75) is 58.5 Å². The number of carbonyl (C=O) groups excluding carboxylic acids is 1. The summed E-state index contributed by atoms with van der Waals surface area (Å²) in [5.74, 6) is 6.39. The summed E-state index contributed by atoms with van der Waals surface area (Å²) in [5.41, 5.74) is -0.341. The molecule has 4 aliphatic rings. The van der Waals surface area contributed by atoms with E-state index in [-0.39, 0.29) is 11.6 Å². The standard InChI is InChI=1S/C19H28O2/c1-19(2,3)21-16(20)7-6-11-8-14-10-15(11)18-13-5-4-12(9-13)17(14)18/h4-5,11-15,17-18H,6-10H2,1-3H3. The molecule has 0 aromatic carbocycles. The average Bonchev–Trinajstić information content (AvgIpc) is 3.11. The summed E-state index contributed by atoms with van der Waals surface area (Å²) in [6.07, 6.45) is 10.9. The van der Waals surface area contributed by atoms with Crippen LogP contribution in [-0.4, -0.2) is 11.6 Å². The molecule has 2 nitrogen and oxygen atoms in total. The quantitative estimate of drug-likeness (QED) is 0.442. The molecule has 0 aliphatic heterocycles. The first-order chi connectivity index (χ1) is 9.92. The van der Waals surface area contributed by atoms with E-state index in [0.29, 0.717) is 6.42 Å². The van der Waals surface area contributed by atoms with Gasteiger partial charge in [0.1, 0.15) is 5.60 Å². The van der Waals surface area contributed by atoms with Crippen LogP contribution in [0.3, 0.4) is 0 Å². The van der Waals surface area contributed by atoms with Gasteiger partial charge in [0.2, 0.25) is 0 Å². The molecule has 3 saturated carbocycles. The van der Waals surface area contributed by atoms with Gasteiger partial charge in [-0.15, -0.1) is 0 Å². The van der Waals surface area contributed by atoms with Gasteiger partial charge in [-0.25, -0.2) is 0 Å². The third-order valence-electron chi connectivity index (χ3n) is 6.55. The molecule has 0 aromatic heterocycles. The second-order valence-electron chi connectivity index (χ2n) is 8.88. The Hall–Kier alpha value is -0.790. The molecule has 4 bridgehead atoms. The van der Waals surface area contributed by atoms with Crippen molar-refractivity contribution >= 4 is 5.97 Å². The van der Waals surface area contributed by atoms with E-state index < -0.39 is 0 Å². The van der Waals surface area contributed by atoms with Gasteiger partial charge in [-0.1, -0.05) is 12.2 Å². The fourth-order valence-corrected chi connectivity index (χ4v) is 6.18. The molecule has 0 N–H and O–H groups in total. The maximum atomic E-state index is 11.9. The van der Waals surface area contributed by atoms with E-state index in [2.05, 4.69) is 12.2 Å². The second kappa shape index (κ2) is 4.60. The molecule has 7 atom stereocenters. The molecule has 3 fully saturated rings. The topological polar surface area (TPSA) is 26.3 Å². The van der Waals surface area contributed by atoms with Gasteiger partial charge < -0.3 is 4.74 Å². The van der Waals surface area contributed by atoms with E-state index in [4.69, 9.17) is 4.74 Å². The van der Waals surface area contributed by atoms with E-state index in [1.165, 1.54) is 19.3 Å². The van der Waals surface area contributed by atoms with Crippen LogP contribution in [0.5, 0.6) is 0 Å². The van der Waals surface area contributed by atoms with Crippen LogP contribution in [0.2, 0.25) is 0 Å². The van der Waals surface area contributed by atoms with Gasteiger partial charge >= 0.3 is 5.97 Å². The molecule has 21 heavy (non-hydrogen) atoms. The highest BCUT2D eigenvalue weighted by Gasteiger charge is 2.60. The van der Waals surface area contributed by atoms with Crippen LogP contribution < -0.4 is 0 Å². The van der Waals surface area contributed by atoms with Crippen molar-refractivity contribution in [1.29, 1.82) is 0 Å². The summed E-state index contributed by atoms with van der Waals surface area (Å²) in [5, 5.41) is 0. The number of esters is 1. The van der Waals surface area contributed by atoms with E-state index in [9.17, 15) is 4.79 Å². The van der Waals surface area contributed by atoms with E-state index in [1.54, 1.807) is 0 Å². The number of allylic oxidation sites excluding steroid dienone is 2. The Kier molecular flexibility index (Phi) is 3.03. The predicted molar refractivity (Wildman–Crippen MR) is 82.5 cm³/mol. The zero-order valence-electron chi connectivity index (χ0n) is 13.5. The average molecular weight is 288 g/mol. The van der Waals surface area contributed by atoms with Crippen molar-refractivity contribution in [3.05, 3.63) is 12.2 Å². The zero-order valence-corrected chi connectivity index (χ0v) is 13.5. The Bertz CT molecular complexity index is 472. The largest absolute Gasteiger partial charge is 0.460 e. The lowest BCUT2D eigenvalue weighted by Gasteiger charge is -2.36. The maximum Gasteiger partial charge on any atom is 0.306 e. The van der Waals surface area contributed by atoms with Crippen LogP contribution in [0.15, 0.2) is 12.2 Å². The first-order valence-electron chi connectivity index (χ1n) is 8.82. The summed E-state index contributed by atoms with van der Waals surface area (Å²) in [6.45, 7) is 5.86. The van der Waals surface area contributed by atoms with Gasteiger partial charge in [0.05, 0.1) is 0 Å². The van der Waals surface area contributed by atoms with Crippen molar-refractivity contribution in [3.8, 4) is 0 Å². The van der Waals surface area contributed by atoms with Crippen LogP contribution in [0, 0.1) is 41.4 Å². The molecule has 4 aliphatic carbocycles. The second-order valence-corrected chi connectivity index (χ2v) is 8.88. The lowest BCUT2D eigenvalue weighted by Crippen LogP contribution is -2.31. The number of ether oxygens (including phenoxy) is 1. The molecule has 2 heteroatoms. The van der Waals surface area contributed by atoms with Gasteiger partial charge in [-0.3, -0.25) is 4.79 Å². The van der Waals surface area contributed by atoms with E-state index >= 15 is 0 Å². The van der Waals surface area contributed by atoms with Crippen molar-refractivity contribution in [2.24, 2.45) is 41.4 Å². The Morgan fingerprint density at radius 1 is 1.10 bits per heavy atom. The van der Waals surface area contributed by atoms with Crippen molar-refractivity contribution in [3.63, 3.8) is 0 Å². The molecule has 0 aromatic rings. The third kappa shape index (κ3) is 2.26. The minimum atomic E-state index is -0.341. The first-order valence-corrected chi connectivity index (χ1v) is 8.82. The van der Waals surface area contributed by atoms with Crippen molar-refractivity contribution < 1.29 is 9.53 Å². The molecular weight excluding hydrogens is 260 g/mol. The minimum absolute atomic E-state index is 0.00494. The van der Waals surface area contributed by atoms with E-state index in [1.807, 2.05) is 20.8 Å². The molecule has 0 radical (unpaired) electrons. The fraction of sp³-hybridized carbons (Fsp3) is 0.842. The highest BCUT2D eigenvalue weighted by molar-refractivity contribution is 5.69. The van der Waals surface area contributed by atoms with Crippen LogP contribution >= 0.6 is 0 Å². The fourth-order valence-electron chi connectivity index (χ4n) is 6.18. The van der Waals surface area contributed by atoms with Gasteiger partial charge in [-0.2, -0.15) is 0 Å². The van der Waals surface area contributed by atoms with Gasteiger partial charge in [-0.05, 0) is 87.9 Å². The number of hydrogen-bond donors (Lipinski definition) is 0. The van der Waals surface area contributed by atoms with E-state index in [0.717, 1.165) is 47.8 Å². The molecule has 0 heterocycles. The SMILES string of the molecule is CC(C)(C)OC(=O)CCC1CC2CC1C1C3C=CC(C3)C21. The van der Waals surface area contributed by atoms with Crippen LogP contribution in [-0.2, 0) is 9.53 Å². The Morgan fingerprint density at radius 3 is 2.52 bits per heavy atom. The smallest absolute Gasteiger partial charge is 0.306 e. The normalized spacial score (nSPS) is 46.1. The molecule has 0 spiro atoms. The van der Waals surface area contributed by atoms with Crippen LogP contribution in [0.4, 0.5) is 0 Å². The molecule has 0 saturated heterocycles. The molecule has 7 unspecified atom stereocenters. The minimum Gasteiger partial charge on any atom is -0.460 e. The molecular formula is C19H28O2. The summed E-state index contributed by atoms with van der Waals surface area (Å²) in [6, 6.07) is 0. The number of rotatable bonds is 3. The summed E-state index contributed by atoms with van der Waals surface area (Å²) in [7, 11) is 0. The van der Waals surface area contributed by atoms with Crippen molar-refractivity contribution in [1.82, 2.24) is 0 Å². The lowest BCUT2D eigenvalue weighted by atomic mass is 9.68. The van der Waals surface area contributed by atoms with Gasteiger partial charge in [0.25, 0.3) is 0 Å². The predicted octanol–water partition coefficient (Wildman–Crippen LogP) is 4.20. The Balaban J connectivity index is 1.35. The molecule has 0 amide bonds. The monoisotopic (exact) mass is 288 g/mol. The molecule has 116 valence electrons. The number of hydrogen-bond acceptors (Lipinski definition) is 2. The Labute approximate surface area is 128 Å². The van der Waals surface area contributed by atoms with Crippen molar-refractivity contribution in [2.75, 3.05) is 0 Å². The van der Waals surface area contributed by atoms with Crippen LogP contribution in [0.25, 0.3) is 0 Å². The van der Waals surface area contributed by atoms with Gasteiger partial charge in [0, 0.05) is 6.42 Å². The third-order valence-corrected chi connectivity index (χ3v) is 6.55. The summed E-state index contributed by atoms with van der Waals surface area (Å²) >= 11 is 0. The molecule has 4 rings (SSSR count). The highest BCUT2D eigenvalue weighted by Crippen LogP contribution is 2.67. The van der Waals surface area contributed by atoms with Crippen LogP contribution in [0.1, 0.15) is 52.9 Å². The highest BCUT2D eigenvalue weighted by atomic mass is 16.6. The Morgan fingerprint density at radius 2 is 1.81 bits per heavy atom. The maximum absolute atomic E-state index is 11.9. The first kappa shape index (κ1) is 13.8. The summed E-state index contributed by atoms with van der Waals surface area (Å²) < 4.78 is 5.46. The lowest BCUT2D eigenvalue weighted by molar-refractivity contribution is -0.155.